The number of hydrogen-bond donors (Lipinski definition) is 1. The van der Waals surface area contributed by atoms with Gasteiger partial charge in [0.25, 0.3) is 0 Å². The summed E-state index contributed by atoms with van der Waals surface area (Å²) in [5.41, 5.74) is 7.52. The zero-order valence-electron chi connectivity index (χ0n) is 8.21. The molecule has 0 saturated heterocycles. The summed E-state index contributed by atoms with van der Waals surface area (Å²) in [7, 11) is 0. The highest BCUT2D eigenvalue weighted by atomic mass is 32.2. The van der Waals surface area contributed by atoms with Crippen LogP contribution in [-0.2, 0) is 0 Å². The van der Waals surface area contributed by atoms with Crippen LogP contribution in [0, 0.1) is 6.92 Å². The van der Waals surface area contributed by atoms with Crippen molar-refractivity contribution < 1.29 is 0 Å². The van der Waals surface area contributed by atoms with Gasteiger partial charge < -0.3 is 5.73 Å². The number of aromatic nitrogens is 2. The Labute approximate surface area is 101 Å². The fourth-order valence-electron chi connectivity index (χ4n) is 1.18. The average molecular weight is 257 g/mol. The molecule has 0 fully saturated rings. The molecule has 0 radical (unpaired) electrons. The van der Waals surface area contributed by atoms with E-state index in [2.05, 4.69) is 29.3 Å². The molecule has 6 heteroatoms. The number of nitrogens with two attached hydrogens (primary N) is 1. The second kappa shape index (κ2) is 5.07. The van der Waals surface area contributed by atoms with Gasteiger partial charge in [0.15, 0.2) is 4.34 Å². The topological polar surface area (TPSA) is 51.8 Å². The summed E-state index contributed by atoms with van der Waals surface area (Å²) < 4.78 is 0.983. The molecule has 2 N–H and O–H groups in total. The molecule has 80 valence electrons. The summed E-state index contributed by atoms with van der Waals surface area (Å²) in [6.45, 7) is 2.74. The van der Waals surface area contributed by atoms with Crippen molar-refractivity contribution in [1.29, 1.82) is 0 Å². The SMILES string of the molecule is Cc1ccc(C(CN)Sc2nncs2)s1. The fourth-order valence-corrected chi connectivity index (χ4v) is 3.95. The van der Waals surface area contributed by atoms with Crippen molar-refractivity contribution in [3.05, 3.63) is 27.4 Å². The van der Waals surface area contributed by atoms with Crippen LogP contribution in [-0.4, -0.2) is 16.7 Å². The third-order valence-corrected chi connectivity index (χ3v) is 5.21. The van der Waals surface area contributed by atoms with Crippen molar-refractivity contribution in [1.82, 2.24) is 10.2 Å². The van der Waals surface area contributed by atoms with Gasteiger partial charge in [-0.25, -0.2) is 0 Å². The van der Waals surface area contributed by atoms with Crippen molar-refractivity contribution in [3.63, 3.8) is 0 Å². The zero-order chi connectivity index (χ0) is 10.7. The average Bonchev–Trinajstić information content (AvgIpc) is 2.85. The molecule has 15 heavy (non-hydrogen) atoms. The predicted molar refractivity (Wildman–Crippen MR) is 66.6 cm³/mol. The van der Waals surface area contributed by atoms with E-state index in [9.17, 15) is 0 Å². The van der Waals surface area contributed by atoms with Crippen LogP contribution in [0.3, 0.4) is 0 Å². The van der Waals surface area contributed by atoms with E-state index in [1.165, 1.54) is 9.75 Å². The van der Waals surface area contributed by atoms with Crippen molar-refractivity contribution in [2.45, 2.75) is 16.5 Å². The second-order valence-corrected chi connectivity index (χ2v) is 6.60. The number of thioether (sulfide) groups is 1. The molecule has 0 spiro atoms. The molecule has 0 bridgehead atoms. The molecule has 0 aliphatic carbocycles. The molecule has 2 aromatic rings. The lowest BCUT2D eigenvalue weighted by Crippen LogP contribution is -2.07. The number of nitrogens with zero attached hydrogens (tertiary/aromatic N) is 2. The highest BCUT2D eigenvalue weighted by Gasteiger charge is 2.14. The minimum Gasteiger partial charge on any atom is -0.329 e. The molecule has 2 heterocycles. The van der Waals surface area contributed by atoms with Crippen molar-refractivity contribution in [2.24, 2.45) is 5.73 Å². The minimum absolute atomic E-state index is 0.302. The van der Waals surface area contributed by atoms with Crippen LogP contribution in [0.2, 0.25) is 0 Å². The van der Waals surface area contributed by atoms with Crippen LogP contribution >= 0.6 is 34.4 Å². The summed E-state index contributed by atoms with van der Waals surface area (Å²) >= 11 is 5.05. The number of rotatable bonds is 4. The quantitative estimate of drug-likeness (QED) is 0.856. The molecule has 0 aliphatic heterocycles. The molecular formula is C9H11N3S3. The van der Waals surface area contributed by atoms with Gasteiger partial charge in [0.1, 0.15) is 5.51 Å². The van der Waals surface area contributed by atoms with E-state index in [4.69, 9.17) is 5.73 Å². The molecule has 0 amide bonds. The first-order valence-corrected chi connectivity index (χ1v) is 7.06. The van der Waals surface area contributed by atoms with E-state index in [0.717, 1.165) is 4.34 Å². The molecule has 0 saturated carbocycles. The predicted octanol–water partition coefficient (Wildman–Crippen LogP) is 2.70. The van der Waals surface area contributed by atoms with Crippen molar-refractivity contribution >= 4 is 34.4 Å². The van der Waals surface area contributed by atoms with Crippen molar-refractivity contribution in [3.8, 4) is 0 Å². The van der Waals surface area contributed by atoms with E-state index in [1.807, 2.05) is 0 Å². The Morgan fingerprint density at radius 1 is 1.53 bits per heavy atom. The Hall–Kier alpha value is -0.430. The molecular weight excluding hydrogens is 246 g/mol. The Bertz CT molecular complexity index is 410. The van der Waals surface area contributed by atoms with Gasteiger partial charge in [-0.05, 0) is 19.1 Å². The third kappa shape index (κ3) is 2.78. The van der Waals surface area contributed by atoms with Crippen LogP contribution in [0.15, 0.2) is 22.0 Å². The normalized spacial score (nSPS) is 12.9. The van der Waals surface area contributed by atoms with Gasteiger partial charge >= 0.3 is 0 Å². The monoisotopic (exact) mass is 257 g/mol. The lowest BCUT2D eigenvalue weighted by atomic mass is 10.3. The lowest BCUT2D eigenvalue weighted by Gasteiger charge is -2.09. The number of hydrogen-bond acceptors (Lipinski definition) is 6. The zero-order valence-corrected chi connectivity index (χ0v) is 10.7. The molecule has 2 aromatic heterocycles. The second-order valence-electron chi connectivity index (χ2n) is 3.00. The fraction of sp³-hybridized carbons (Fsp3) is 0.333. The maximum atomic E-state index is 5.77. The van der Waals surface area contributed by atoms with Crippen LogP contribution in [0.25, 0.3) is 0 Å². The van der Waals surface area contributed by atoms with Crippen LogP contribution in [0.4, 0.5) is 0 Å². The van der Waals surface area contributed by atoms with Gasteiger partial charge in [-0.1, -0.05) is 23.1 Å². The first kappa shape index (κ1) is 11.1. The molecule has 2 rings (SSSR count). The van der Waals surface area contributed by atoms with Gasteiger partial charge in [0.2, 0.25) is 0 Å². The highest BCUT2D eigenvalue weighted by molar-refractivity contribution is 8.01. The van der Waals surface area contributed by atoms with Gasteiger partial charge in [-0.3, -0.25) is 0 Å². The van der Waals surface area contributed by atoms with E-state index in [1.54, 1.807) is 39.9 Å². The maximum Gasteiger partial charge on any atom is 0.174 e. The van der Waals surface area contributed by atoms with Crippen LogP contribution in [0.5, 0.6) is 0 Å². The number of thiophene rings is 1. The number of aryl methyl sites for hydroxylation is 1. The summed E-state index contributed by atoms with van der Waals surface area (Å²) in [6.07, 6.45) is 0. The van der Waals surface area contributed by atoms with Gasteiger partial charge in [0, 0.05) is 16.3 Å². The van der Waals surface area contributed by atoms with Gasteiger partial charge in [-0.15, -0.1) is 21.5 Å². The van der Waals surface area contributed by atoms with E-state index >= 15 is 0 Å². The minimum atomic E-state index is 0.302. The Balaban J connectivity index is 2.11. The van der Waals surface area contributed by atoms with E-state index < -0.39 is 0 Å². The van der Waals surface area contributed by atoms with E-state index in [-0.39, 0.29) is 0 Å². The smallest absolute Gasteiger partial charge is 0.174 e. The van der Waals surface area contributed by atoms with E-state index in [0.29, 0.717) is 11.8 Å². The Morgan fingerprint density at radius 3 is 2.93 bits per heavy atom. The first-order valence-electron chi connectivity index (χ1n) is 4.49. The summed E-state index contributed by atoms with van der Waals surface area (Å²) in [5.74, 6) is 0. The summed E-state index contributed by atoms with van der Waals surface area (Å²) in [4.78, 5) is 2.64. The van der Waals surface area contributed by atoms with Crippen LogP contribution < -0.4 is 5.73 Å². The molecule has 1 unspecified atom stereocenters. The summed E-state index contributed by atoms with van der Waals surface area (Å²) in [6, 6.07) is 4.27. The highest BCUT2D eigenvalue weighted by Crippen LogP contribution is 2.37. The van der Waals surface area contributed by atoms with Crippen LogP contribution in [0.1, 0.15) is 15.0 Å². The lowest BCUT2D eigenvalue weighted by molar-refractivity contribution is 0.947. The Morgan fingerprint density at radius 2 is 2.40 bits per heavy atom. The Kier molecular flexibility index (Phi) is 3.74. The third-order valence-electron chi connectivity index (χ3n) is 1.88. The standard InChI is InChI=1S/C9H11N3S3/c1-6-2-3-7(14-6)8(4-10)15-9-12-11-5-13-9/h2-3,5,8H,4,10H2,1H3. The molecule has 0 aromatic carbocycles. The molecule has 1 atom stereocenters. The summed E-state index contributed by atoms with van der Waals surface area (Å²) in [5, 5.41) is 8.14. The van der Waals surface area contributed by atoms with Crippen molar-refractivity contribution in [2.75, 3.05) is 6.54 Å². The van der Waals surface area contributed by atoms with Gasteiger partial charge in [0.05, 0.1) is 5.25 Å². The van der Waals surface area contributed by atoms with Gasteiger partial charge in [-0.2, -0.15) is 0 Å². The maximum absolute atomic E-state index is 5.77. The first-order chi connectivity index (χ1) is 7.29. The molecule has 3 nitrogen and oxygen atoms in total. The molecule has 0 aliphatic rings. The largest absolute Gasteiger partial charge is 0.329 e.